The molecule has 0 unspecified atom stereocenters. The largest absolute Gasteiger partial charge is 0.478 e. The Kier molecular flexibility index (Phi) is 4.84. The van der Waals surface area contributed by atoms with Crippen LogP contribution in [0.4, 0.5) is 0 Å². The van der Waals surface area contributed by atoms with E-state index in [1.807, 2.05) is 43.3 Å². The predicted octanol–water partition coefficient (Wildman–Crippen LogP) is 4.28. The van der Waals surface area contributed by atoms with Gasteiger partial charge in [-0.1, -0.05) is 18.2 Å². The van der Waals surface area contributed by atoms with Gasteiger partial charge in [0.15, 0.2) is 16.5 Å². The lowest BCUT2D eigenvalue weighted by atomic mass is 10.2. The molecule has 6 nitrogen and oxygen atoms in total. The van der Waals surface area contributed by atoms with Gasteiger partial charge < -0.3 is 14.5 Å². The fourth-order valence-corrected chi connectivity index (χ4v) is 3.57. The number of amides is 1. The Morgan fingerprint density at radius 2 is 2.07 bits per heavy atom. The number of aromatic nitrogens is 2. The second-order valence-electron chi connectivity index (χ2n) is 5.73. The topological polar surface area (TPSA) is 77.2 Å². The summed E-state index contributed by atoms with van der Waals surface area (Å²) < 4.78 is 12.3. The van der Waals surface area contributed by atoms with Crippen LogP contribution in [0.2, 0.25) is 0 Å². The van der Waals surface area contributed by atoms with Gasteiger partial charge in [-0.05, 0) is 37.3 Å². The van der Waals surface area contributed by atoms with Crippen molar-refractivity contribution in [2.24, 2.45) is 0 Å². The highest BCUT2D eigenvalue weighted by molar-refractivity contribution is 7.21. The summed E-state index contributed by atoms with van der Waals surface area (Å²) in [6.07, 6.45) is 1.66. The molecule has 0 radical (unpaired) electrons. The molecule has 0 saturated carbocycles. The number of carbonyl (C=O) groups is 1. The predicted molar refractivity (Wildman–Crippen MR) is 104 cm³/mol. The first-order valence-corrected chi connectivity index (χ1v) is 9.37. The van der Waals surface area contributed by atoms with Gasteiger partial charge in [0.25, 0.3) is 5.91 Å². The van der Waals surface area contributed by atoms with E-state index in [0.717, 1.165) is 20.8 Å². The summed E-state index contributed by atoms with van der Waals surface area (Å²) in [6, 6.07) is 15.0. The molecule has 0 spiro atoms. The molecule has 3 aromatic heterocycles. The van der Waals surface area contributed by atoms with Crippen LogP contribution in [0.25, 0.3) is 21.0 Å². The minimum absolute atomic E-state index is 0.242. The Morgan fingerprint density at radius 3 is 2.93 bits per heavy atom. The quantitative estimate of drug-likeness (QED) is 0.541. The van der Waals surface area contributed by atoms with Crippen molar-refractivity contribution in [1.29, 1.82) is 0 Å². The van der Waals surface area contributed by atoms with Crippen molar-refractivity contribution in [1.82, 2.24) is 15.3 Å². The van der Waals surface area contributed by atoms with Crippen LogP contribution in [0.1, 0.15) is 23.0 Å². The molecule has 0 saturated heterocycles. The molecular formula is C20H17N3O3S. The highest BCUT2D eigenvalue weighted by Crippen LogP contribution is 2.31. The number of nitrogens with zero attached hydrogens (tertiary/aromatic N) is 2. The first kappa shape index (κ1) is 17.2. The highest BCUT2D eigenvalue weighted by atomic mass is 32.1. The Balaban J connectivity index is 1.47. The molecule has 0 aliphatic carbocycles. The maximum Gasteiger partial charge on any atom is 0.287 e. The lowest BCUT2D eigenvalue weighted by Gasteiger charge is -2.09. The van der Waals surface area contributed by atoms with Gasteiger partial charge in [0.05, 0.1) is 16.8 Å². The lowest BCUT2D eigenvalue weighted by molar-refractivity contribution is 0.0923. The van der Waals surface area contributed by atoms with Crippen LogP contribution >= 0.6 is 11.3 Å². The molecule has 0 bridgehead atoms. The zero-order valence-corrected chi connectivity index (χ0v) is 15.5. The van der Waals surface area contributed by atoms with Crippen molar-refractivity contribution >= 4 is 27.5 Å². The molecule has 27 heavy (non-hydrogen) atoms. The third-order valence-corrected chi connectivity index (χ3v) is 4.96. The van der Waals surface area contributed by atoms with Crippen molar-refractivity contribution in [3.05, 3.63) is 66.1 Å². The molecule has 3 heterocycles. The molecule has 1 N–H and O–H groups in total. The van der Waals surface area contributed by atoms with E-state index in [0.29, 0.717) is 24.8 Å². The minimum Gasteiger partial charge on any atom is -0.478 e. The Labute approximate surface area is 159 Å². The molecule has 1 aromatic carbocycles. The van der Waals surface area contributed by atoms with E-state index in [-0.39, 0.29) is 11.7 Å². The third kappa shape index (κ3) is 3.68. The summed E-state index contributed by atoms with van der Waals surface area (Å²) in [4.78, 5) is 21.2. The number of rotatable bonds is 6. The molecule has 1 amide bonds. The first-order valence-electron chi connectivity index (χ1n) is 8.55. The molecule has 0 atom stereocenters. The molecule has 4 aromatic rings. The number of para-hydroxylation sites is 1. The summed E-state index contributed by atoms with van der Waals surface area (Å²) in [6.45, 7) is 2.71. The standard InChI is InChI=1S/C20H17N3O3S/c1-2-25-19-13(6-5-11-21-19)12-22-18(24)15-9-10-16(26-15)20-23-14-7-3-4-8-17(14)27-20/h3-11H,2,12H2,1H3,(H,22,24). The van der Waals surface area contributed by atoms with E-state index >= 15 is 0 Å². The van der Waals surface area contributed by atoms with E-state index in [4.69, 9.17) is 9.15 Å². The number of carbonyl (C=O) groups excluding carboxylic acids is 1. The number of ether oxygens (including phenoxy) is 1. The molecular weight excluding hydrogens is 362 g/mol. The van der Waals surface area contributed by atoms with Gasteiger partial charge in [0, 0.05) is 18.3 Å². The van der Waals surface area contributed by atoms with Crippen LogP contribution in [0.5, 0.6) is 5.88 Å². The van der Waals surface area contributed by atoms with Gasteiger partial charge in [-0.3, -0.25) is 4.79 Å². The monoisotopic (exact) mass is 379 g/mol. The lowest BCUT2D eigenvalue weighted by Crippen LogP contribution is -2.22. The first-order chi connectivity index (χ1) is 13.2. The van der Waals surface area contributed by atoms with E-state index in [1.165, 1.54) is 11.3 Å². The number of pyridine rings is 1. The molecule has 7 heteroatoms. The minimum atomic E-state index is -0.298. The van der Waals surface area contributed by atoms with E-state index in [1.54, 1.807) is 18.3 Å². The maximum absolute atomic E-state index is 12.4. The van der Waals surface area contributed by atoms with E-state index in [9.17, 15) is 4.79 Å². The number of furan rings is 1. The van der Waals surface area contributed by atoms with Crippen molar-refractivity contribution in [3.8, 4) is 16.6 Å². The molecule has 4 rings (SSSR count). The van der Waals surface area contributed by atoms with Crippen molar-refractivity contribution in [3.63, 3.8) is 0 Å². The normalized spacial score (nSPS) is 10.9. The number of benzene rings is 1. The SMILES string of the molecule is CCOc1ncccc1CNC(=O)c1ccc(-c2nc3ccccc3s2)o1. The molecule has 0 aliphatic rings. The number of nitrogens with one attached hydrogen (secondary N) is 1. The molecule has 136 valence electrons. The maximum atomic E-state index is 12.4. The van der Waals surface area contributed by atoms with Crippen LogP contribution in [-0.4, -0.2) is 22.5 Å². The van der Waals surface area contributed by atoms with Gasteiger partial charge in [0.2, 0.25) is 5.88 Å². The zero-order chi connectivity index (χ0) is 18.6. The number of thiazole rings is 1. The van der Waals surface area contributed by atoms with Crippen LogP contribution in [0.15, 0.2) is 59.1 Å². The van der Waals surface area contributed by atoms with Crippen molar-refractivity contribution in [2.75, 3.05) is 6.61 Å². The number of hydrogen-bond acceptors (Lipinski definition) is 6. The van der Waals surface area contributed by atoms with Gasteiger partial charge in [-0.15, -0.1) is 11.3 Å². The van der Waals surface area contributed by atoms with Gasteiger partial charge in [0.1, 0.15) is 0 Å². The number of fused-ring (bicyclic) bond motifs is 1. The van der Waals surface area contributed by atoms with Gasteiger partial charge in [-0.25, -0.2) is 9.97 Å². The summed E-state index contributed by atoms with van der Waals surface area (Å²) in [7, 11) is 0. The Hall–Kier alpha value is -3.19. The molecule has 0 aliphatic heterocycles. The second-order valence-corrected chi connectivity index (χ2v) is 6.76. The van der Waals surface area contributed by atoms with Crippen LogP contribution in [0.3, 0.4) is 0 Å². The smallest absolute Gasteiger partial charge is 0.287 e. The summed E-state index contributed by atoms with van der Waals surface area (Å²) in [5, 5.41) is 3.59. The molecule has 0 fully saturated rings. The van der Waals surface area contributed by atoms with Gasteiger partial charge >= 0.3 is 0 Å². The van der Waals surface area contributed by atoms with Crippen LogP contribution in [0, 0.1) is 0 Å². The Bertz CT molecular complexity index is 1050. The zero-order valence-electron chi connectivity index (χ0n) is 14.6. The fourth-order valence-electron chi connectivity index (χ4n) is 2.64. The second kappa shape index (κ2) is 7.59. The number of hydrogen-bond donors (Lipinski definition) is 1. The third-order valence-electron chi connectivity index (χ3n) is 3.90. The van der Waals surface area contributed by atoms with Gasteiger partial charge in [-0.2, -0.15) is 0 Å². The van der Waals surface area contributed by atoms with Crippen LogP contribution in [-0.2, 0) is 6.54 Å². The van der Waals surface area contributed by atoms with E-state index < -0.39 is 0 Å². The average Bonchev–Trinajstić information content (AvgIpc) is 3.34. The highest BCUT2D eigenvalue weighted by Gasteiger charge is 2.15. The van der Waals surface area contributed by atoms with Crippen LogP contribution < -0.4 is 10.1 Å². The summed E-state index contributed by atoms with van der Waals surface area (Å²) in [5.41, 5.74) is 1.73. The van der Waals surface area contributed by atoms with Crippen molar-refractivity contribution < 1.29 is 13.9 Å². The Morgan fingerprint density at radius 1 is 1.19 bits per heavy atom. The average molecular weight is 379 g/mol. The summed E-state index contributed by atoms with van der Waals surface area (Å²) in [5.74, 6) is 1.05. The fraction of sp³-hybridized carbons (Fsp3) is 0.150. The summed E-state index contributed by atoms with van der Waals surface area (Å²) >= 11 is 1.53. The van der Waals surface area contributed by atoms with Crippen molar-refractivity contribution in [2.45, 2.75) is 13.5 Å². The van der Waals surface area contributed by atoms with E-state index in [2.05, 4.69) is 15.3 Å².